The van der Waals surface area contributed by atoms with Crippen molar-refractivity contribution in [1.82, 2.24) is 19.7 Å². The van der Waals surface area contributed by atoms with Crippen molar-refractivity contribution in [3.05, 3.63) is 59.3 Å². The van der Waals surface area contributed by atoms with E-state index >= 15 is 0 Å². The fraction of sp³-hybridized carbons (Fsp3) is 0.286. The van der Waals surface area contributed by atoms with Gasteiger partial charge in [-0.1, -0.05) is 12.1 Å². The minimum Gasteiger partial charge on any atom is -0.353 e. The summed E-state index contributed by atoms with van der Waals surface area (Å²) in [6.45, 7) is 2.69. The van der Waals surface area contributed by atoms with E-state index < -0.39 is 5.82 Å². The summed E-state index contributed by atoms with van der Waals surface area (Å²) in [6.07, 6.45) is 4.79. The molecule has 2 aromatic heterocycles. The van der Waals surface area contributed by atoms with Gasteiger partial charge in [-0.15, -0.1) is 0 Å². The Morgan fingerprint density at radius 2 is 2.03 bits per heavy atom. The van der Waals surface area contributed by atoms with E-state index in [1.165, 1.54) is 6.20 Å². The van der Waals surface area contributed by atoms with Gasteiger partial charge in [0.15, 0.2) is 5.82 Å². The molecule has 0 saturated carbocycles. The number of carbonyl (C=O) groups is 1. The van der Waals surface area contributed by atoms with Crippen molar-refractivity contribution in [3.8, 4) is 0 Å². The van der Waals surface area contributed by atoms with Gasteiger partial charge in [0.1, 0.15) is 12.1 Å². The number of hydrogen-bond acceptors (Lipinski definition) is 6. The molecule has 0 amide bonds. The first-order valence-electron chi connectivity index (χ1n) is 9.43. The number of halogens is 1. The fourth-order valence-corrected chi connectivity index (χ4v) is 3.73. The molecule has 1 aliphatic heterocycles. The van der Waals surface area contributed by atoms with Crippen LogP contribution in [0.4, 0.5) is 27.3 Å². The Balaban J connectivity index is 1.67. The number of aromatic nitrogens is 3. The van der Waals surface area contributed by atoms with E-state index in [1.807, 2.05) is 50.3 Å². The lowest BCUT2D eigenvalue weighted by Crippen LogP contribution is -2.33. The zero-order valence-electron chi connectivity index (χ0n) is 16.6. The molecule has 4 rings (SSSR count). The lowest BCUT2D eigenvalue weighted by atomic mass is 9.92. The van der Waals surface area contributed by atoms with Crippen LogP contribution in [0, 0.1) is 12.7 Å². The van der Waals surface area contributed by atoms with Crippen LogP contribution in [0.1, 0.15) is 22.9 Å². The first kappa shape index (κ1) is 19.1. The predicted molar refractivity (Wildman–Crippen MR) is 110 cm³/mol. The third kappa shape index (κ3) is 3.71. The molecule has 0 saturated heterocycles. The van der Waals surface area contributed by atoms with Crippen LogP contribution in [-0.4, -0.2) is 39.5 Å². The van der Waals surface area contributed by atoms with Crippen LogP contribution in [0.15, 0.2) is 36.7 Å². The van der Waals surface area contributed by atoms with Crippen LogP contribution < -0.4 is 10.6 Å². The zero-order valence-corrected chi connectivity index (χ0v) is 16.6. The monoisotopic (exact) mass is 394 g/mol. The number of carbonyl (C=O) groups excluding carboxylic acids is 1. The molecule has 3 aromatic rings. The number of likely N-dealkylation sites (N-methyl/N-ethyl adjacent to an activating group) is 1. The average molecular weight is 394 g/mol. The second-order valence-corrected chi connectivity index (χ2v) is 7.29. The van der Waals surface area contributed by atoms with Gasteiger partial charge in [0, 0.05) is 37.1 Å². The largest absolute Gasteiger partial charge is 0.353 e. The van der Waals surface area contributed by atoms with Crippen LogP contribution in [0.2, 0.25) is 0 Å². The lowest BCUT2D eigenvalue weighted by Gasteiger charge is -2.32. The molecular formula is C21H23FN6O. The van der Waals surface area contributed by atoms with Crippen LogP contribution in [0.5, 0.6) is 0 Å². The Morgan fingerprint density at radius 1 is 1.21 bits per heavy atom. The summed E-state index contributed by atoms with van der Waals surface area (Å²) in [5.41, 5.74) is 4.63. The van der Waals surface area contributed by atoms with Crippen molar-refractivity contribution >= 4 is 29.2 Å². The highest BCUT2D eigenvalue weighted by Gasteiger charge is 2.27. The smallest absolute Gasteiger partial charge is 0.165 e. The average Bonchev–Trinajstić information content (AvgIpc) is 3.01. The van der Waals surface area contributed by atoms with E-state index in [1.54, 1.807) is 10.7 Å². The Kier molecular flexibility index (Phi) is 5.02. The fourth-order valence-electron chi connectivity index (χ4n) is 3.73. The standard InChI is InChI=1S/C21H23FN6O/c1-13-18(11-28(3)26-13)25-20-9-17(15(22)10-23-20)24-16-6-4-5-14-7-8-27(2)19(12-29)21(14)16/h4-6,9-12,19H,7-8H2,1-3H3,(H2,23,24,25). The molecule has 0 aliphatic carbocycles. The molecule has 1 aliphatic rings. The molecule has 0 bridgehead atoms. The van der Waals surface area contributed by atoms with Gasteiger partial charge in [-0.3, -0.25) is 9.58 Å². The molecule has 1 atom stereocenters. The second-order valence-electron chi connectivity index (χ2n) is 7.29. The van der Waals surface area contributed by atoms with E-state index in [2.05, 4.69) is 20.7 Å². The second kappa shape index (κ2) is 7.63. The van der Waals surface area contributed by atoms with Crippen LogP contribution in [-0.2, 0) is 18.3 Å². The zero-order chi connectivity index (χ0) is 20.5. The molecular weight excluding hydrogens is 371 g/mol. The third-order valence-corrected chi connectivity index (χ3v) is 5.23. The van der Waals surface area contributed by atoms with E-state index in [-0.39, 0.29) is 11.7 Å². The van der Waals surface area contributed by atoms with Crippen molar-refractivity contribution in [2.75, 3.05) is 24.2 Å². The molecule has 8 heteroatoms. The topological polar surface area (TPSA) is 75.1 Å². The van der Waals surface area contributed by atoms with E-state index in [4.69, 9.17) is 0 Å². The van der Waals surface area contributed by atoms with Crippen molar-refractivity contribution in [2.24, 2.45) is 7.05 Å². The summed E-state index contributed by atoms with van der Waals surface area (Å²) in [4.78, 5) is 17.9. The van der Waals surface area contributed by atoms with E-state index in [9.17, 15) is 9.18 Å². The number of fused-ring (bicyclic) bond motifs is 1. The van der Waals surface area contributed by atoms with Gasteiger partial charge >= 0.3 is 0 Å². The van der Waals surface area contributed by atoms with Crippen molar-refractivity contribution in [2.45, 2.75) is 19.4 Å². The maximum Gasteiger partial charge on any atom is 0.165 e. The van der Waals surface area contributed by atoms with Crippen molar-refractivity contribution < 1.29 is 9.18 Å². The Labute approximate surface area is 168 Å². The highest BCUT2D eigenvalue weighted by atomic mass is 19.1. The van der Waals surface area contributed by atoms with Gasteiger partial charge in [0.25, 0.3) is 0 Å². The number of nitrogens with zero attached hydrogens (tertiary/aromatic N) is 4. The summed E-state index contributed by atoms with van der Waals surface area (Å²) >= 11 is 0. The first-order chi connectivity index (χ1) is 14.0. The van der Waals surface area contributed by atoms with E-state index in [0.717, 1.165) is 47.4 Å². The van der Waals surface area contributed by atoms with Gasteiger partial charge in [-0.05, 0) is 32.0 Å². The number of benzene rings is 1. The molecule has 0 radical (unpaired) electrons. The molecule has 1 unspecified atom stereocenters. The van der Waals surface area contributed by atoms with Crippen LogP contribution in [0.3, 0.4) is 0 Å². The van der Waals surface area contributed by atoms with Crippen molar-refractivity contribution in [3.63, 3.8) is 0 Å². The quantitative estimate of drug-likeness (QED) is 0.646. The summed E-state index contributed by atoms with van der Waals surface area (Å²) < 4.78 is 16.2. The van der Waals surface area contributed by atoms with Gasteiger partial charge in [-0.2, -0.15) is 5.10 Å². The van der Waals surface area contributed by atoms with Gasteiger partial charge in [0.2, 0.25) is 0 Å². The number of nitrogens with one attached hydrogen (secondary N) is 2. The summed E-state index contributed by atoms with van der Waals surface area (Å²) in [7, 11) is 3.76. The summed E-state index contributed by atoms with van der Waals surface area (Å²) in [5.74, 6) is 0.0294. The Bertz CT molecular complexity index is 1060. The molecule has 7 nitrogen and oxygen atoms in total. The molecule has 3 heterocycles. The molecule has 29 heavy (non-hydrogen) atoms. The summed E-state index contributed by atoms with van der Waals surface area (Å²) in [6, 6.07) is 7.07. The van der Waals surface area contributed by atoms with Crippen molar-refractivity contribution in [1.29, 1.82) is 0 Å². The molecule has 150 valence electrons. The van der Waals surface area contributed by atoms with Crippen LogP contribution >= 0.6 is 0 Å². The third-order valence-electron chi connectivity index (χ3n) is 5.23. The molecule has 1 aromatic carbocycles. The van der Waals surface area contributed by atoms with Gasteiger partial charge in [0.05, 0.1) is 29.3 Å². The first-order valence-corrected chi connectivity index (χ1v) is 9.43. The lowest BCUT2D eigenvalue weighted by molar-refractivity contribution is -0.112. The minimum absolute atomic E-state index is 0.287. The number of anilines is 4. The number of aldehydes is 1. The molecule has 2 N–H and O–H groups in total. The predicted octanol–water partition coefficient (Wildman–Crippen LogP) is 3.48. The van der Waals surface area contributed by atoms with Gasteiger partial charge < -0.3 is 15.4 Å². The highest BCUT2D eigenvalue weighted by molar-refractivity contribution is 5.75. The Morgan fingerprint density at radius 3 is 2.76 bits per heavy atom. The Hall–Kier alpha value is -3.26. The molecule has 0 fully saturated rings. The SMILES string of the molecule is Cc1nn(C)cc1Nc1cc(Nc2cccc3c2C(C=O)N(C)CC3)c(F)cn1. The maximum atomic E-state index is 14.5. The molecule has 0 spiro atoms. The number of pyridine rings is 1. The highest BCUT2D eigenvalue weighted by Crippen LogP contribution is 2.35. The maximum absolute atomic E-state index is 14.5. The van der Waals surface area contributed by atoms with Gasteiger partial charge in [-0.25, -0.2) is 9.37 Å². The van der Waals surface area contributed by atoms with E-state index in [0.29, 0.717) is 5.82 Å². The minimum atomic E-state index is -0.470. The van der Waals surface area contributed by atoms with Crippen LogP contribution in [0.25, 0.3) is 0 Å². The summed E-state index contributed by atoms with van der Waals surface area (Å²) in [5, 5.41) is 10.6. The number of hydrogen-bond donors (Lipinski definition) is 2. The normalized spacial score (nSPS) is 16.3. The number of aryl methyl sites for hydroxylation is 2. The number of rotatable bonds is 5.